The maximum atomic E-state index is 12.3. The molecule has 0 atom stereocenters. The van der Waals surface area contributed by atoms with Gasteiger partial charge in [0, 0.05) is 24.8 Å². The third kappa shape index (κ3) is 3.32. The Morgan fingerprint density at radius 2 is 1.90 bits per heavy atom. The molecule has 0 bridgehead atoms. The number of carbonyl (C=O) groups excluding carboxylic acids is 1. The standard InChI is InChI=1S/C17H21N3O/c1-14-7-9-19(10-8-14)17(21)13-20-12-16(11-18-20)15-5-3-2-4-6-15/h2-6,11-12,14H,7-10,13H2,1H3. The zero-order valence-electron chi connectivity index (χ0n) is 12.4. The van der Waals surface area contributed by atoms with Crippen molar-refractivity contribution in [2.75, 3.05) is 13.1 Å². The lowest BCUT2D eigenvalue weighted by Crippen LogP contribution is -2.39. The number of carbonyl (C=O) groups is 1. The summed E-state index contributed by atoms with van der Waals surface area (Å²) >= 11 is 0. The highest BCUT2D eigenvalue weighted by Gasteiger charge is 2.20. The summed E-state index contributed by atoms with van der Waals surface area (Å²) in [6, 6.07) is 10.1. The van der Waals surface area contributed by atoms with E-state index in [4.69, 9.17) is 0 Å². The van der Waals surface area contributed by atoms with Gasteiger partial charge in [0.05, 0.1) is 6.20 Å². The minimum atomic E-state index is 0.171. The highest BCUT2D eigenvalue weighted by molar-refractivity contribution is 5.76. The van der Waals surface area contributed by atoms with Gasteiger partial charge in [-0.05, 0) is 24.3 Å². The third-order valence-electron chi connectivity index (χ3n) is 4.17. The molecule has 110 valence electrons. The van der Waals surface area contributed by atoms with E-state index in [1.54, 1.807) is 4.68 Å². The van der Waals surface area contributed by atoms with Crippen LogP contribution in [-0.4, -0.2) is 33.7 Å². The molecule has 1 aromatic heterocycles. The van der Waals surface area contributed by atoms with Crippen molar-refractivity contribution in [1.29, 1.82) is 0 Å². The van der Waals surface area contributed by atoms with Crippen LogP contribution in [0.5, 0.6) is 0 Å². The Morgan fingerprint density at radius 3 is 2.62 bits per heavy atom. The van der Waals surface area contributed by atoms with Crippen LogP contribution in [0.4, 0.5) is 0 Å². The predicted octanol–water partition coefficient (Wildman–Crippen LogP) is 2.81. The number of nitrogens with zero attached hydrogens (tertiary/aromatic N) is 3. The van der Waals surface area contributed by atoms with Gasteiger partial charge in [-0.15, -0.1) is 0 Å². The fourth-order valence-electron chi connectivity index (χ4n) is 2.73. The van der Waals surface area contributed by atoms with Crippen LogP contribution in [0.15, 0.2) is 42.7 Å². The average molecular weight is 283 g/mol. The van der Waals surface area contributed by atoms with Gasteiger partial charge in [0.1, 0.15) is 6.54 Å². The fourth-order valence-corrected chi connectivity index (χ4v) is 2.73. The first-order valence-corrected chi connectivity index (χ1v) is 7.58. The second kappa shape index (κ2) is 6.12. The first-order valence-electron chi connectivity index (χ1n) is 7.58. The van der Waals surface area contributed by atoms with Crippen molar-refractivity contribution >= 4 is 5.91 Å². The summed E-state index contributed by atoms with van der Waals surface area (Å²) in [6.07, 6.45) is 5.99. The number of likely N-dealkylation sites (tertiary alicyclic amines) is 1. The number of amides is 1. The summed E-state index contributed by atoms with van der Waals surface area (Å²) in [4.78, 5) is 14.2. The SMILES string of the molecule is CC1CCN(C(=O)Cn2cc(-c3ccccc3)cn2)CC1. The first kappa shape index (κ1) is 13.9. The second-order valence-electron chi connectivity index (χ2n) is 5.86. The Hall–Kier alpha value is -2.10. The van der Waals surface area contributed by atoms with Gasteiger partial charge in [-0.2, -0.15) is 5.10 Å². The van der Waals surface area contributed by atoms with Crippen molar-refractivity contribution < 1.29 is 4.79 Å². The highest BCUT2D eigenvalue weighted by Crippen LogP contribution is 2.19. The van der Waals surface area contributed by atoms with Crippen molar-refractivity contribution in [1.82, 2.24) is 14.7 Å². The Kier molecular flexibility index (Phi) is 4.04. The van der Waals surface area contributed by atoms with E-state index < -0.39 is 0 Å². The second-order valence-corrected chi connectivity index (χ2v) is 5.86. The molecule has 4 heteroatoms. The van der Waals surface area contributed by atoms with Gasteiger partial charge in [0.15, 0.2) is 0 Å². The topological polar surface area (TPSA) is 38.1 Å². The Labute approximate surface area is 125 Å². The molecule has 1 fully saturated rings. The van der Waals surface area contributed by atoms with Gasteiger partial charge < -0.3 is 4.90 Å². The molecule has 0 unspecified atom stereocenters. The Morgan fingerprint density at radius 1 is 1.19 bits per heavy atom. The van der Waals surface area contributed by atoms with E-state index in [1.807, 2.05) is 35.5 Å². The Bertz CT molecular complexity index is 598. The minimum absolute atomic E-state index is 0.171. The quantitative estimate of drug-likeness (QED) is 0.868. The molecule has 1 aliphatic rings. The molecule has 0 saturated carbocycles. The molecule has 1 amide bonds. The van der Waals surface area contributed by atoms with Crippen molar-refractivity contribution in [3.8, 4) is 11.1 Å². The minimum Gasteiger partial charge on any atom is -0.341 e. The van der Waals surface area contributed by atoms with Gasteiger partial charge in [-0.25, -0.2) is 0 Å². The molecule has 1 saturated heterocycles. The van der Waals surface area contributed by atoms with Crippen molar-refractivity contribution in [3.63, 3.8) is 0 Å². The molecular formula is C17H21N3O. The first-order chi connectivity index (χ1) is 10.2. The molecule has 0 aliphatic carbocycles. The molecule has 0 radical (unpaired) electrons. The molecule has 3 rings (SSSR count). The summed E-state index contributed by atoms with van der Waals surface area (Å²) in [5.74, 6) is 0.910. The van der Waals surface area contributed by atoms with Crippen LogP contribution in [0.1, 0.15) is 19.8 Å². The van der Waals surface area contributed by atoms with E-state index in [9.17, 15) is 4.79 Å². The maximum Gasteiger partial charge on any atom is 0.244 e. The fraction of sp³-hybridized carbons (Fsp3) is 0.412. The normalized spacial score (nSPS) is 16.1. The monoisotopic (exact) mass is 283 g/mol. The number of benzene rings is 1. The smallest absolute Gasteiger partial charge is 0.244 e. The lowest BCUT2D eigenvalue weighted by atomic mass is 9.99. The van der Waals surface area contributed by atoms with Gasteiger partial charge in [-0.1, -0.05) is 37.3 Å². The Balaban J connectivity index is 1.63. The zero-order valence-corrected chi connectivity index (χ0v) is 12.4. The van der Waals surface area contributed by atoms with Gasteiger partial charge in [0.2, 0.25) is 5.91 Å². The van der Waals surface area contributed by atoms with Crippen molar-refractivity contribution in [3.05, 3.63) is 42.7 Å². The van der Waals surface area contributed by atoms with Crippen LogP contribution < -0.4 is 0 Å². The lowest BCUT2D eigenvalue weighted by molar-refractivity contribution is -0.133. The summed E-state index contributed by atoms with van der Waals surface area (Å²) in [6.45, 7) is 4.35. The molecule has 2 heterocycles. The van der Waals surface area contributed by atoms with Gasteiger partial charge >= 0.3 is 0 Å². The lowest BCUT2D eigenvalue weighted by Gasteiger charge is -2.30. The van der Waals surface area contributed by atoms with Crippen LogP contribution in [0.25, 0.3) is 11.1 Å². The molecule has 4 nitrogen and oxygen atoms in total. The molecule has 2 aromatic rings. The molecule has 0 N–H and O–H groups in total. The number of rotatable bonds is 3. The average Bonchev–Trinajstić information content (AvgIpc) is 2.97. The van der Waals surface area contributed by atoms with Crippen LogP contribution in [0.3, 0.4) is 0 Å². The van der Waals surface area contributed by atoms with Gasteiger partial charge in [-0.3, -0.25) is 9.48 Å². The van der Waals surface area contributed by atoms with E-state index in [-0.39, 0.29) is 5.91 Å². The molecule has 1 aliphatic heterocycles. The molecular weight excluding hydrogens is 262 g/mol. The molecule has 0 spiro atoms. The van der Waals surface area contributed by atoms with E-state index in [1.165, 1.54) is 0 Å². The predicted molar refractivity (Wildman–Crippen MR) is 82.6 cm³/mol. The van der Waals surface area contributed by atoms with E-state index >= 15 is 0 Å². The van der Waals surface area contributed by atoms with Crippen molar-refractivity contribution in [2.45, 2.75) is 26.3 Å². The number of piperidine rings is 1. The van der Waals surface area contributed by atoms with Crippen LogP contribution in [0, 0.1) is 5.92 Å². The van der Waals surface area contributed by atoms with Crippen molar-refractivity contribution in [2.24, 2.45) is 5.92 Å². The number of aromatic nitrogens is 2. The molecule has 21 heavy (non-hydrogen) atoms. The van der Waals surface area contributed by atoms with Crippen LogP contribution in [-0.2, 0) is 11.3 Å². The van der Waals surface area contributed by atoms with E-state index in [0.29, 0.717) is 6.54 Å². The van der Waals surface area contributed by atoms with Gasteiger partial charge in [0.25, 0.3) is 0 Å². The van der Waals surface area contributed by atoms with Crippen LogP contribution in [0.2, 0.25) is 0 Å². The summed E-state index contributed by atoms with van der Waals surface area (Å²) in [7, 11) is 0. The zero-order chi connectivity index (χ0) is 14.7. The van der Waals surface area contributed by atoms with E-state index in [2.05, 4.69) is 24.2 Å². The maximum absolute atomic E-state index is 12.3. The number of hydrogen-bond acceptors (Lipinski definition) is 2. The largest absolute Gasteiger partial charge is 0.341 e. The summed E-state index contributed by atoms with van der Waals surface area (Å²) in [5, 5.41) is 4.31. The third-order valence-corrected chi connectivity index (χ3v) is 4.17. The summed E-state index contributed by atoms with van der Waals surface area (Å²) < 4.78 is 1.74. The number of hydrogen-bond donors (Lipinski definition) is 0. The molecule has 1 aromatic carbocycles. The highest BCUT2D eigenvalue weighted by atomic mass is 16.2. The van der Waals surface area contributed by atoms with Crippen LogP contribution >= 0.6 is 0 Å². The summed E-state index contributed by atoms with van der Waals surface area (Å²) in [5.41, 5.74) is 2.18. The van der Waals surface area contributed by atoms with E-state index in [0.717, 1.165) is 43.0 Å².